The number of hydrogen-bond donors (Lipinski definition) is 1. The van der Waals surface area contributed by atoms with Gasteiger partial charge in [0.25, 0.3) is 0 Å². The van der Waals surface area contributed by atoms with E-state index in [4.69, 9.17) is 9.41 Å². The highest BCUT2D eigenvalue weighted by Crippen LogP contribution is 2.53. The highest BCUT2D eigenvalue weighted by molar-refractivity contribution is 6.09. The molecule has 2 aliphatic heterocycles. The van der Waals surface area contributed by atoms with E-state index in [1.54, 1.807) is 0 Å². The number of fused-ring (bicyclic) bond motifs is 7. The molecule has 2 aliphatic carbocycles. The van der Waals surface area contributed by atoms with E-state index in [-0.39, 0.29) is 12.0 Å². The summed E-state index contributed by atoms with van der Waals surface area (Å²) in [6, 6.07) is 36.3. The van der Waals surface area contributed by atoms with Crippen LogP contribution in [0.25, 0.3) is 39.0 Å². The van der Waals surface area contributed by atoms with Crippen molar-refractivity contribution in [2.75, 3.05) is 4.90 Å². The minimum atomic E-state index is 0.0542. The fourth-order valence-corrected chi connectivity index (χ4v) is 7.22. The molecular weight excluding hydrogens is 562 g/mol. The highest BCUT2D eigenvalue weighted by Gasteiger charge is 2.34. The molecule has 3 heterocycles. The quantitative estimate of drug-likeness (QED) is 0.225. The molecule has 0 spiro atoms. The first kappa shape index (κ1) is 26.8. The van der Waals surface area contributed by atoms with Crippen molar-refractivity contribution in [2.24, 2.45) is 10.9 Å². The van der Waals surface area contributed by atoms with Crippen molar-refractivity contribution in [3.63, 3.8) is 0 Å². The van der Waals surface area contributed by atoms with Crippen molar-refractivity contribution in [1.82, 2.24) is 5.32 Å². The summed E-state index contributed by atoms with van der Waals surface area (Å²) < 4.78 is 6.72. The van der Waals surface area contributed by atoms with Crippen LogP contribution in [0.3, 0.4) is 0 Å². The van der Waals surface area contributed by atoms with Gasteiger partial charge in [-0.1, -0.05) is 121 Å². The smallest absolute Gasteiger partial charge is 0.160 e. The first-order valence-corrected chi connectivity index (χ1v) is 16.2. The largest absolute Gasteiger partial charge is 0.454 e. The number of amidine groups is 1. The average molecular weight is 596 g/mol. The average Bonchev–Trinajstić information content (AvgIpc) is 3.46. The summed E-state index contributed by atoms with van der Waals surface area (Å²) in [4.78, 5) is 7.78. The van der Waals surface area contributed by atoms with Crippen LogP contribution in [0, 0.1) is 5.92 Å². The van der Waals surface area contributed by atoms with Gasteiger partial charge in [0.05, 0.1) is 11.7 Å². The number of hydrogen-bond acceptors (Lipinski definition) is 4. The van der Waals surface area contributed by atoms with Gasteiger partial charge >= 0.3 is 0 Å². The van der Waals surface area contributed by atoms with E-state index in [9.17, 15) is 0 Å². The van der Waals surface area contributed by atoms with Crippen LogP contribution in [0.5, 0.6) is 0 Å². The van der Waals surface area contributed by atoms with Gasteiger partial charge in [0.1, 0.15) is 22.9 Å². The molecule has 222 valence electrons. The normalized spacial score (nSPS) is 20.0. The molecule has 4 aliphatic rings. The van der Waals surface area contributed by atoms with Crippen LogP contribution in [-0.2, 0) is 0 Å². The number of benzene rings is 4. The third kappa shape index (κ3) is 4.49. The van der Waals surface area contributed by atoms with E-state index in [2.05, 4.69) is 150 Å². The molecule has 1 N–H and O–H groups in total. The molecule has 4 aromatic carbocycles. The summed E-state index contributed by atoms with van der Waals surface area (Å²) in [5.74, 6) is 3.00. The summed E-state index contributed by atoms with van der Waals surface area (Å²) >= 11 is 0. The number of aliphatic imine (C=N–C) groups is 1. The van der Waals surface area contributed by atoms with Gasteiger partial charge in [-0.05, 0) is 65.8 Å². The van der Waals surface area contributed by atoms with E-state index >= 15 is 0 Å². The lowest BCUT2D eigenvalue weighted by molar-refractivity contribution is 0.529. The molecule has 0 saturated heterocycles. The Kier molecular flexibility index (Phi) is 6.45. The zero-order valence-corrected chi connectivity index (χ0v) is 25.4. The maximum atomic E-state index is 6.72. The fraction of sp³-hybridized carbons (Fsp3) is 0.119. The van der Waals surface area contributed by atoms with Crippen LogP contribution in [0.15, 0.2) is 166 Å². The van der Waals surface area contributed by atoms with E-state index in [1.807, 2.05) is 6.07 Å². The second kappa shape index (κ2) is 11.1. The number of anilines is 2. The molecule has 4 heteroatoms. The van der Waals surface area contributed by atoms with Gasteiger partial charge in [-0.15, -0.1) is 0 Å². The first-order chi connectivity index (χ1) is 22.8. The summed E-state index contributed by atoms with van der Waals surface area (Å²) in [7, 11) is 0. The SMILES string of the molecule is C1=CCCC(C2=NC(N3c4ccccc4-c4ccccc4-c4oc5ccccc5c43)=CC(C3C=CC(c4ccccc4)=CC3)N2)=C1. The molecule has 46 heavy (non-hydrogen) atoms. The van der Waals surface area contributed by atoms with E-state index in [1.165, 1.54) is 16.7 Å². The topological polar surface area (TPSA) is 40.8 Å². The third-order valence-electron chi connectivity index (χ3n) is 9.51. The molecule has 0 bridgehead atoms. The molecule has 2 atom stereocenters. The lowest BCUT2D eigenvalue weighted by Crippen LogP contribution is -2.43. The highest BCUT2D eigenvalue weighted by atomic mass is 16.3. The van der Waals surface area contributed by atoms with Crippen molar-refractivity contribution < 1.29 is 4.42 Å². The maximum Gasteiger partial charge on any atom is 0.160 e. The molecule has 0 fully saturated rings. The second-order valence-corrected chi connectivity index (χ2v) is 12.3. The van der Waals surface area contributed by atoms with Crippen LogP contribution in [-0.4, -0.2) is 11.9 Å². The number of allylic oxidation sites excluding steroid dienone is 6. The second-order valence-electron chi connectivity index (χ2n) is 12.3. The number of nitrogens with one attached hydrogen (secondary N) is 1. The molecule has 5 aromatic rings. The number of para-hydroxylation sites is 2. The molecule has 2 unspecified atom stereocenters. The van der Waals surface area contributed by atoms with Crippen molar-refractivity contribution >= 4 is 33.8 Å². The summed E-state index contributed by atoms with van der Waals surface area (Å²) in [6.45, 7) is 0. The van der Waals surface area contributed by atoms with Gasteiger partial charge in [-0.25, -0.2) is 4.99 Å². The van der Waals surface area contributed by atoms with E-state index in [0.717, 1.165) is 75.7 Å². The molecule has 4 nitrogen and oxygen atoms in total. The summed E-state index contributed by atoms with van der Waals surface area (Å²) in [5.41, 5.74) is 10.2. The van der Waals surface area contributed by atoms with Crippen molar-refractivity contribution in [3.05, 3.63) is 163 Å². The molecule has 0 radical (unpaired) electrons. The molecule has 0 saturated carbocycles. The van der Waals surface area contributed by atoms with Gasteiger partial charge in [-0.2, -0.15) is 0 Å². The number of rotatable bonds is 4. The lowest BCUT2D eigenvalue weighted by Gasteiger charge is -2.34. The monoisotopic (exact) mass is 595 g/mol. The Hall–Kier alpha value is -5.61. The van der Waals surface area contributed by atoms with E-state index in [0.29, 0.717) is 0 Å². The number of nitrogens with zero attached hydrogens (tertiary/aromatic N) is 2. The van der Waals surface area contributed by atoms with Crippen LogP contribution >= 0.6 is 0 Å². The Morgan fingerprint density at radius 3 is 2.41 bits per heavy atom. The zero-order valence-electron chi connectivity index (χ0n) is 25.4. The molecule has 0 amide bonds. The van der Waals surface area contributed by atoms with Crippen LogP contribution in [0.4, 0.5) is 11.4 Å². The van der Waals surface area contributed by atoms with Gasteiger partial charge in [0.2, 0.25) is 0 Å². The standard InChI is InChI=1S/C42H33N3O/c1-3-13-28(14-4-1)29-23-25-30(26-24-29)36-27-39(44-42(43-36)31-15-5-2-6-16-31)45-37-21-11-9-18-33(37)32-17-7-8-19-34(32)41-40(45)35-20-10-12-22-38(35)46-41/h1-5,7-15,17-25,27,30,36H,6,16,26H2,(H,43,44). The van der Waals surface area contributed by atoms with Gasteiger partial charge in [0, 0.05) is 22.4 Å². The Bertz CT molecular complexity index is 2170. The third-order valence-corrected chi connectivity index (χ3v) is 9.51. The molecule has 9 rings (SSSR count). The Morgan fingerprint density at radius 2 is 1.59 bits per heavy atom. The fourth-order valence-electron chi connectivity index (χ4n) is 7.22. The number of furan rings is 1. The van der Waals surface area contributed by atoms with Crippen molar-refractivity contribution in [2.45, 2.75) is 25.3 Å². The predicted molar refractivity (Wildman–Crippen MR) is 190 cm³/mol. The van der Waals surface area contributed by atoms with E-state index < -0.39 is 0 Å². The Labute approximate surface area is 269 Å². The van der Waals surface area contributed by atoms with Gasteiger partial charge in [-0.3, -0.25) is 4.90 Å². The summed E-state index contributed by atoms with van der Waals surface area (Å²) in [6.07, 6.45) is 18.9. The Balaban J connectivity index is 1.23. The first-order valence-electron chi connectivity index (χ1n) is 16.2. The molecular formula is C42H33N3O. The minimum Gasteiger partial charge on any atom is -0.454 e. The lowest BCUT2D eigenvalue weighted by atomic mass is 9.87. The van der Waals surface area contributed by atoms with Crippen molar-refractivity contribution in [1.29, 1.82) is 0 Å². The Morgan fingerprint density at radius 1 is 0.804 bits per heavy atom. The predicted octanol–water partition coefficient (Wildman–Crippen LogP) is 10.4. The van der Waals surface area contributed by atoms with Crippen LogP contribution in [0.2, 0.25) is 0 Å². The minimum absolute atomic E-state index is 0.0542. The molecule has 1 aromatic heterocycles. The zero-order chi connectivity index (χ0) is 30.5. The van der Waals surface area contributed by atoms with Gasteiger partial charge < -0.3 is 9.73 Å². The summed E-state index contributed by atoms with van der Waals surface area (Å²) in [5, 5.41) is 4.94. The van der Waals surface area contributed by atoms with Gasteiger partial charge in [0.15, 0.2) is 5.76 Å². The van der Waals surface area contributed by atoms with Crippen molar-refractivity contribution in [3.8, 4) is 22.5 Å². The van der Waals surface area contributed by atoms with Crippen LogP contribution in [0.1, 0.15) is 24.8 Å². The maximum absolute atomic E-state index is 6.72. The van der Waals surface area contributed by atoms with Crippen LogP contribution < -0.4 is 10.2 Å².